The standard InChI is InChI=1S/C36H43NO7/c1-35(2)17-25-32(27(38)19-35)31(33-26(37(25)14-7-15-42-5)18-36(3,4)20-28(33)39)24-12-13-29(30(16-24)43-6)44-21-22-8-10-23(11-9-22)34(40)41/h8-13,16,31H,7,14-15,17-21H2,1-6H3,(H,40,41). The quantitative estimate of drug-likeness (QED) is 0.301. The van der Waals surface area contributed by atoms with E-state index in [1.54, 1.807) is 38.5 Å². The van der Waals surface area contributed by atoms with Crippen molar-refractivity contribution in [1.29, 1.82) is 0 Å². The van der Waals surface area contributed by atoms with Crippen molar-refractivity contribution in [3.8, 4) is 11.5 Å². The number of ketones is 2. The number of carbonyl (C=O) groups excluding carboxylic acids is 2. The van der Waals surface area contributed by atoms with Crippen molar-refractivity contribution in [3.63, 3.8) is 0 Å². The van der Waals surface area contributed by atoms with E-state index in [4.69, 9.17) is 14.2 Å². The van der Waals surface area contributed by atoms with E-state index in [1.165, 1.54) is 0 Å². The molecule has 0 aromatic heterocycles. The molecule has 3 aliphatic rings. The van der Waals surface area contributed by atoms with Gasteiger partial charge in [0.05, 0.1) is 12.7 Å². The Bertz CT molecular complexity index is 1480. The van der Waals surface area contributed by atoms with E-state index in [0.29, 0.717) is 37.5 Å². The fraction of sp³-hybridized carbons (Fsp3) is 0.472. The molecule has 5 rings (SSSR count). The van der Waals surface area contributed by atoms with Crippen molar-refractivity contribution in [1.82, 2.24) is 4.90 Å². The summed E-state index contributed by atoms with van der Waals surface area (Å²) in [7, 11) is 3.27. The van der Waals surface area contributed by atoms with E-state index in [2.05, 4.69) is 32.6 Å². The Hall–Kier alpha value is -3.91. The van der Waals surface area contributed by atoms with Crippen LogP contribution < -0.4 is 9.47 Å². The van der Waals surface area contributed by atoms with Crippen LogP contribution in [0.25, 0.3) is 0 Å². The number of carboxylic acid groups (broad SMARTS) is 1. The van der Waals surface area contributed by atoms with Crippen LogP contribution in [0.5, 0.6) is 11.5 Å². The zero-order valence-electron chi connectivity index (χ0n) is 26.6. The first-order valence-electron chi connectivity index (χ1n) is 15.3. The highest BCUT2D eigenvalue weighted by molar-refractivity contribution is 6.06. The van der Waals surface area contributed by atoms with Crippen molar-refractivity contribution in [3.05, 3.63) is 81.7 Å². The highest BCUT2D eigenvalue weighted by Gasteiger charge is 2.49. The number of Topliss-reactive ketones (excluding diaryl/α,β-unsaturated/α-hetero) is 2. The Labute approximate surface area is 259 Å². The molecule has 1 aliphatic heterocycles. The van der Waals surface area contributed by atoms with Crippen LogP contribution in [0.4, 0.5) is 0 Å². The molecule has 1 N–H and O–H groups in total. The summed E-state index contributed by atoms with van der Waals surface area (Å²) in [6, 6.07) is 12.2. The number of allylic oxidation sites excluding steroid dienone is 4. The second-order valence-electron chi connectivity index (χ2n) is 13.7. The van der Waals surface area contributed by atoms with Crippen molar-refractivity contribution in [2.75, 3.05) is 27.4 Å². The smallest absolute Gasteiger partial charge is 0.335 e. The first kappa shape index (κ1) is 31.5. The van der Waals surface area contributed by atoms with Gasteiger partial charge in [0.1, 0.15) is 6.61 Å². The fourth-order valence-corrected chi connectivity index (χ4v) is 6.91. The number of hydrogen-bond donors (Lipinski definition) is 1. The Morgan fingerprint density at radius 1 is 0.864 bits per heavy atom. The molecule has 2 aromatic rings. The minimum absolute atomic E-state index is 0.0891. The third-order valence-electron chi connectivity index (χ3n) is 8.87. The summed E-state index contributed by atoms with van der Waals surface area (Å²) in [5, 5.41) is 9.17. The van der Waals surface area contributed by atoms with Gasteiger partial charge in [-0.2, -0.15) is 0 Å². The molecule has 0 saturated heterocycles. The average molecular weight is 602 g/mol. The number of hydrogen-bond acceptors (Lipinski definition) is 7. The lowest BCUT2D eigenvalue weighted by molar-refractivity contribution is -0.119. The average Bonchev–Trinajstić information content (AvgIpc) is 2.95. The van der Waals surface area contributed by atoms with Gasteiger partial charge in [-0.1, -0.05) is 45.9 Å². The lowest BCUT2D eigenvalue weighted by Crippen LogP contribution is -2.44. The van der Waals surface area contributed by atoms with Crippen LogP contribution >= 0.6 is 0 Å². The van der Waals surface area contributed by atoms with Gasteiger partial charge in [-0.3, -0.25) is 9.59 Å². The second kappa shape index (κ2) is 12.2. The first-order chi connectivity index (χ1) is 20.8. The SMILES string of the molecule is COCCCN1C2=C(C(=O)CC(C)(C)C2)C(c2ccc(OCc3ccc(C(=O)O)cc3)c(OC)c2)C2=C1CC(C)(C)CC2=O. The van der Waals surface area contributed by atoms with Crippen LogP contribution in [0.3, 0.4) is 0 Å². The summed E-state index contributed by atoms with van der Waals surface area (Å²) in [6.07, 6.45) is 3.14. The highest BCUT2D eigenvalue weighted by atomic mass is 16.5. The zero-order valence-corrected chi connectivity index (χ0v) is 26.6. The maximum absolute atomic E-state index is 14.0. The maximum Gasteiger partial charge on any atom is 0.335 e. The molecule has 0 saturated carbocycles. The molecular formula is C36H43NO7. The predicted octanol–water partition coefficient (Wildman–Crippen LogP) is 6.69. The lowest BCUT2D eigenvalue weighted by Gasteiger charge is -2.49. The molecule has 1 heterocycles. The molecular weight excluding hydrogens is 558 g/mol. The molecule has 0 radical (unpaired) electrons. The van der Waals surface area contributed by atoms with E-state index in [9.17, 15) is 19.5 Å². The Balaban J connectivity index is 1.57. The number of carboxylic acids is 1. The number of nitrogens with zero attached hydrogens (tertiary/aromatic N) is 1. The fourth-order valence-electron chi connectivity index (χ4n) is 6.91. The summed E-state index contributed by atoms with van der Waals surface area (Å²) in [5.41, 5.74) is 4.99. The van der Waals surface area contributed by atoms with Gasteiger partial charge in [0, 0.05) is 61.6 Å². The van der Waals surface area contributed by atoms with Crippen LogP contribution in [-0.4, -0.2) is 54.9 Å². The number of methoxy groups -OCH3 is 2. The van der Waals surface area contributed by atoms with Crippen molar-refractivity contribution in [2.45, 2.75) is 72.3 Å². The molecule has 234 valence electrons. The Kier molecular flexibility index (Phi) is 8.76. The van der Waals surface area contributed by atoms with Crippen LogP contribution in [0.1, 0.15) is 87.2 Å². The minimum atomic E-state index is -0.980. The van der Waals surface area contributed by atoms with Crippen molar-refractivity contribution in [2.24, 2.45) is 10.8 Å². The second-order valence-corrected chi connectivity index (χ2v) is 13.7. The molecule has 8 heteroatoms. The summed E-state index contributed by atoms with van der Waals surface area (Å²) in [4.78, 5) is 41.5. The normalized spacial score (nSPS) is 19.5. The molecule has 0 spiro atoms. The number of carbonyl (C=O) groups is 3. The van der Waals surface area contributed by atoms with Crippen LogP contribution in [0.15, 0.2) is 65.0 Å². The molecule has 0 unspecified atom stereocenters. The molecule has 0 atom stereocenters. The largest absolute Gasteiger partial charge is 0.493 e. The monoisotopic (exact) mass is 601 g/mol. The molecule has 0 fully saturated rings. The van der Waals surface area contributed by atoms with E-state index in [0.717, 1.165) is 52.9 Å². The predicted molar refractivity (Wildman–Crippen MR) is 167 cm³/mol. The number of benzene rings is 2. The maximum atomic E-state index is 14.0. The molecule has 2 aliphatic carbocycles. The van der Waals surface area contributed by atoms with Gasteiger partial charge < -0.3 is 24.2 Å². The van der Waals surface area contributed by atoms with E-state index < -0.39 is 11.9 Å². The summed E-state index contributed by atoms with van der Waals surface area (Å²) in [6.45, 7) is 10.1. The third-order valence-corrected chi connectivity index (χ3v) is 8.87. The summed E-state index contributed by atoms with van der Waals surface area (Å²) >= 11 is 0. The summed E-state index contributed by atoms with van der Waals surface area (Å²) in [5.74, 6) is -0.253. The molecule has 8 nitrogen and oxygen atoms in total. The van der Waals surface area contributed by atoms with Crippen LogP contribution in [-0.2, 0) is 20.9 Å². The first-order valence-corrected chi connectivity index (χ1v) is 15.3. The van der Waals surface area contributed by atoms with E-state index in [1.807, 2.05) is 18.2 Å². The molecule has 44 heavy (non-hydrogen) atoms. The van der Waals surface area contributed by atoms with Gasteiger partial charge in [0.2, 0.25) is 0 Å². The van der Waals surface area contributed by atoms with Gasteiger partial charge in [0.15, 0.2) is 23.1 Å². The van der Waals surface area contributed by atoms with Crippen LogP contribution in [0.2, 0.25) is 0 Å². The third kappa shape index (κ3) is 6.32. The van der Waals surface area contributed by atoms with E-state index >= 15 is 0 Å². The Morgan fingerprint density at radius 2 is 1.45 bits per heavy atom. The van der Waals surface area contributed by atoms with Crippen molar-refractivity contribution >= 4 is 17.5 Å². The topological polar surface area (TPSA) is 102 Å². The molecule has 0 bridgehead atoms. The van der Waals surface area contributed by atoms with Gasteiger partial charge >= 0.3 is 5.97 Å². The van der Waals surface area contributed by atoms with Crippen LogP contribution in [0, 0.1) is 10.8 Å². The van der Waals surface area contributed by atoms with Crippen molar-refractivity contribution < 1.29 is 33.7 Å². The van der Waals surface area contributed by atoms with Gasteiger partial charge in [-0.05, 0) is 65.5 Å². The number of ether oxygens (including phenoxy) is 3. The van der Waals surface area contributed by atoms with Gasteiger partial charge in [-0.15, -0.1) is 0 Å². The summed E-state index contributed by atoms with van der Waals surface area (Å²) < 4.78 is 17.2. The molecule has 0 amide bonds. The molecule has 2 aromatic carbocycles. The number of rotatable bonds is 10. The van der Waals surface area contributed by atoms with Gasteiger partial charge in [-0.25, -0.2) is 4.79 Å². The van der Waals surface area contributed by atoms with Gasteiger partial charge in [0.25, 0.3) is 0 Å². The zero-order chi connectivity index (χ0) is 31.8. The minimum Gasteiger partial charge on any atom is -0.493 e. The van der Waals surface area contributed by atoms with E-state index in [-0.39, 0.29) is 34.6 Å². The lowest BCUT2D eigenvalue weighted by atomic mass is 9.63. The Morgan fingerprint density at radius 3 is 1.98 bits per heavy atom. The highest BCUT2D eigenvalue weighted by Crippen LogP contribution is 2.55. The number of aromatic carboxylic acids is 1.